The van der Waals surface area contributed by atoms with Crippen LogP contribution < -0.4 is 30.0 Å². The van der Waals surface area contributed by atoms with Gasteiger partial charge in [-0.15, -0.1) is 11.3 Å². The molecule has 1 aliphatic heterocycles. The zero-order chi connectivity index (χ0) is 26.7. The summed E-state index contributed by atoms with van der Waals surface area (Å²) in [6.07, 6.45) is 1.67. The minimum absolute atomic E-state index is 0.0316. The van der Waals surface area contributed by atoms with Gasteiger partial charge in [-0.2, -0.15) is 0 Å². The van der Waals surface area contributed by atoms with E-state index in [1.807, 2.05) is 6.07 Å². The van der Waals surface area contributed by atoms with E-state index in [-0.39, 0.29) is 28.2 Å². The lowest BCUT2D eigenvalue weighted by Crippen LogP contribution is -2.41. The second kappa shape index (κ2) is 10.8. The fourth-order valence-corrected chi connectivity index (χ4v) is 5.37. The number of aromatic nitrogens is 1. The third-order valence-corrected chi connectivity index (χ3v) is 6.98. The van der Waals surface area contributed by atoms with Crippen molar-refractivity contribution in [3.8, 4) is 11.5 Å². The van der Waals surface area contributed by atoms with E-state index in [0.29, 0.717) is 27.2 Å². The quantitative estimate of drug-likeness (QED) is 0.465. The van der Waals surface area contributed by atoms with Gasteiger partial charge in [0.1, 0.15) is 22.0 Å². The topological polar surface area (TPSA) is 119 Å². The van der Waals surface area contributed by atoms with E-state index in [9.17, 15) is 14.4 Å². The molecule has 10 heteroatoms. The van der Waals surface area contributed by atoms with Crippen LogP contribution in [0.4, 0.5) is 0 Å². The molecule has 192 valence electrons. The number of nitrogens with zero attached hydrogens (tertiary/aromatic N) is 1. The SMILES string of the molecule is CCOC(=O)C1=C(N)n2c(s/c(=C\c3cccc(OC)c3)c2=O)=C(C(=O)OC)[C@H]1c1cccc(OC)c1. The van der Waals surface area contributed by atoms with Crippen molar-refractivity contribution < 1.29 is 28.5 Å². The number of fused-ring (bicyclic) bond motifs is 1. The third-order valence-electron chi connectivity index (χ3n) is 5.87. The molecule has 0 radical (unpaired) electrons. The second-order valence-electron chi connectivity index (χ2n) is 7.97. The van der Waals surface area contributed by atoms with E-state index in [0.717, 1.165) is 11.3 Å². The van der Waals surface area contributed by atoms with Gasteiger partial charge in [0.2, 0.25) is 0 Å². The van der Waals surface area contributed by atoms with Crippen molar-refractivity contribution in [2.45, 2.75) is 12.8 Å². The van der Waals surface area contributed by atoms with Crippen molar-refractivity contribution >= 4 is 40.7 Å². The van der Waals surface area contributed by atoms with E-state index < -0.39 is 23.4 Å². The molecule has 1 aromatic heterocycles. The average molecular weight is 523 g/mol. The largest absolute Gasteiger partial charge is 0.497 e. The first-order chi connectivity index (χ1) is 17.8. The summed E-state index contributed by atoms with van der Waals surface area (Å²) in [6, 6.07) is 14.1. The van der Waals surface area contributed by atoms with E-state index in [2.05, 4.69) is 0 Å². The van der Waals surface area contributed by atoms with Gasteiger partial charge < -0.3 is 24.7 Å². The van der Waals surface area contributed by atoms with Crippen LogP contribution in [0.15, 0.2) is 58.9 Å². The molecule has 0 unspecified atom stereocenters. The molecule has 3 aromatic rings. The summed E-state index contributed by atoms with van der Waals surface area (Å²) in [5.41, 5.74) is 7.35. The zero-order valence-corrected chi connectivity index (χ0v) is 21.6. The Morgan fingerprint density at radius 3 is 2.32 bits per heavy atom. The van der Waals surface area contributed by atoms with Gasteiger partial charge >= 0.3 is 11.9 Å². The first-order valence-electron chi connectivity index (χ1n) is 11.4. The van der Waals surface area contributed by atoms with Gasteiger partial charge in [0, 0.05) is 0 Å². The highest BCUT2D eigenvalue weighted by Crippen LogP contribution is 2.38. The molecule has 4 rings (SSSR count). The molecule has 37 heavy (non-hydrogen) atoms. The van der Waals surface area contributed by atoms with E-state index in [1.165, 1.54) is 18.8 Å². The van der Waals surface area contributed by atoms with Crippen molar-refractivity contribution in [2.24, 2.45) is 5.73 Å². The Kier molecular flexibility index (Phi) is 7.49. The van der Waals surface area contributed by atoms with E-state index in [1.54, 1.807) is 62.6 Å². The number of carbonyl (C=O) groups is 2. The predicted molar refractivity (Wildman–Crippen MR) is 140 cm³/mol. The first kappa shape index (κ1) is 25.8. The highest BCUT2D eigenvalue weighted by molar-refractivity contribution is 7.07. The molecular weight excluding hydrogens is 496 g/mol. The standard InChI is InChI=1S/C27H26N2O7S/c1-5-36-27(32)21-20(16-9-7-11-18(14-16)34-3)22(26(31)35-4)25-29(23(21)28)24(30)19(37-25)13-15-8-6-10-17(12-15)33-2/h6-14,20H,5,28H2,1-4H3/b19-13-/t20-/m0/s1. The average Bonchev–Trinajstić information content (AvgIpc) is 3.23. The number of nitrogens with two attached hydrogens (primary N) is 1. The van der Waals surface area contributed by atoms with Crippen molar-refractivity contribution in [2.75, 3.05) is 27.9 Å². The molecule has 0 bridgehead atoms. The molecule has 1 aliphatic rings. The first-order valence-corrected chi connectivity index (χ1v) is 12.2. The maximum absolute atomic E-state index is 13.6. The van der Waals surface area contributed by atoms with Crippen molar-refractivity contribution in [3.63, 3.8) is 0 Å². The van der Waals surface area contributed by atoms with Gasteiger partial charge in [0.25, 0.3) is 5.56 Å². The molecule has 0 aliphatic carbocycles. The molecule has 1 atom stereocenters. The Balaban J connectivity index is 2.10. The van der Waals surface area contributed by atoms with Crippen LogP contribution in [-0.2, 0) is 19.1 Å². The lowest BCUT2D eigenvalue weighted by atomic mass is 9.83. The summed E-state index contributed by atoms with van der Waals surface area (Å²) in [4.78, 5) is 40.0. The Morgan fingerprint density at radius 2 is 1.68 bits per heavy atom. The Morgan fingerprint density at radius 1 is 1.00 bits per heavy atom. The summed E-state index contributed by atoms with van der Waals surface area (Å²) >= 11 is 1.08. The van der Waals surface area contributed by atoms with Crippen LogP contribution in [0, 0.1) is 0 Å². The molecule has 0 fully saturated rings. The van der Waals surface area contributed by atoms with Crippen LogP contribution in [0.2, 0.25) is 0 Å². The van der Waals surface area contributed by atoms with Gasteiger partial charge in [-0.05, 0) is 48.4 Å². The summed E-state index contributed by atoms with van der Waals surface area (Å²) in [5, 5.41) is 0. The number of carbonyl (C=O) groups excluding carboxylic acids is 2. The van der Waals surface area contributed by atoms with Gasteiger partial charge in [-0.1, -0.05) is 24.3 Å². The number of rotatable bonds is 7. The van der Waals surface area contributed by atoms with Crippen LogP contribution in [0.1, 0.15) is 24.0 Å². The molecule has 2 heterocycles. The fraction of sp³-hybridized carbons (Fsp3) is 0.222. The van der Waals surface area contributed by atoms with E-state index >= 15 is 0 Å². The number of esters is 2. The second-order valence-corrected chi connectivity index (χ2v) is 9.00. The van der Waals surface area contributed by atoms with Gasteiger partial charge in [-0.25, -0.2) is 9.59 Å². The Hall–Kier alpha value is -4.31. The zero-order valence-electron chi connectivity index (χ0n) is 20.8. The molecular formula is C27H26N2O7S. The number of thiazole rings is 1. The third kappa shape index (κ3) is 4.75. The number of methoxy groups -OCH3 is 3. The van der Waals surface area contributed by atoms with Crippen molar-refractivity contribution in [1.82, 2.24) is 4.57 Å². The van der Waals surface area contributed by atoms with Crippen LogP contribution >= 0.6 is 11.3 Å². The molecule has 9 nitrogen and oxygen atoms in total. The molecule has 0 amide bonds. The minimum Gasteiger partial charge on any atom is -0.497 e. The van der Waals surface area contributed by atoms with Crippen molar-refractivity contribution in [1.29, 1.82) is 0 Å². The van der Waals surface area contributed by atoms with E-state index in [4.69, 9.17) is 24.7 Å². The normalized spacial score (nSPS) is 15.3. The van der Waals surface area contributed by atoms with Crippen molar-refractivity contribution in [3.05, 3.63) is 84.8 Å². The number of hydrogen-bond acceptors (Lipinski definition) is 9. The number of hydrogen-bond donors (Lipinski definition) is 1. The summed E-state index contributed by atoms with van der Waals surface area (Å²) in [6.45, 7) is 1.74. The van der Waals surface area contributed by atoms with Gasteiger partial charge in [-0.3, -0.25) is 9.36 Å². The lowest BCUT2D eigenvalue weighted by Gasteiger charge is -2.27. The maximum Gasteiger partial charge on any atom is 0.338 e. The van der Waals surface area contributed by atoms with Crippen LogP contribution in [0.25, 0.3) is 17.5 Å². The van der Waals surface area contributed by atoms with Crippen LogP contribution in [-0.4, -0.2) is 44.4 Å². The molecule has 2 aromatic carbocycles. The highest BCUT2D eigenvalue weighted by atomic mass is 32.1. The monoisotopic (exact) mass is 522 g/mol. The lowest BCUT2D eigenvalue weighted by molar-refractivity contribution is -0.138. The van der Waals surface area contributed by atoms with Gasteiger partial charge in [0.05, 0.1) is 49.5 Å². The highest BCUT2D eigenvalue weighted by Gasteiger charge is 2.39. The molecule has 0 spiro atoms. The maximum atomic E-state index is 13.6. The number of benzene rings is 2. The van der Waals surface area contributed by atoms with Gasteiger partial charge in [0.15, 0.2) is 0 Å². The predicted octanol–water partition coefficient (Wildman–Crippen LogP) is 1.57. The van der Waals surface area contributed by atoms with Crippen LogP contribution in [0.3, 0.4) is 0 Å². The Bertz CT molecular complexity index is 1580. The summed E-state index contributed by atoms with van der Waals surface area (Å²) in [5.74, 6) is -1.37. The smallest absolute Gasteiger partial charge is 0.338 e. The van der Waals surface area contributed by atoms with Crippen LogP contribution in [0.5, 0.6) is 11.5 Å². The fourth-order valence-electron chi connectivity index (χ4n) is 4.20. The molecule has 0 saturated heterocycles. The molecule has 0 saturated carbocycles. The Labute approximate surface area is 216 Å². The minimum atomic E-state index is -0.954. The summed E-state index contributed by atoms with van der Waals surface area (Å²) < 4.78 is 22.8. The summed E-state index contributed by atoms with van der Waals surface area (Å²) in [7, 11) is 4.30. The number of ether oxygens (including phenoxy) is 4. The molecule has 2 N–H and O–H groups in total.